The fraction of sp³-hybridized carbons (Fsp3) is 0.514. The van der Waals surface area contributed by atoms with Gasteiger partial charge in [-0.05, 0) is 81.8 Å². The Kier molecular flexibility index (Phi) is 10.5. The van der Waals surface area contributed by atoms with Gasteiger partial charge in [-0.25, -0.2) is 9.97 Å². The van der Waals surface area contributed by atoms with Crippen molar-refractivity contribution in [3.05, 3.63) is 42.7 Å². The summed E-state index contributed by atoms with van der Waals surface area (Å²) in [6.45, 7) is 10.0. The lowest BCUT2D eigenvalue weighted by molar-refractivity contribution is -0.143. The minimum atomic E-state index is -0.797. The van der Waals surface area contributed by atoms with E-state index in [2.05, 4.69) is 48.3 Å². The molecule has 3 heterocycles. The first-order chi connectivity index (χ1) is 22.5. The number of hydrogen-bond acceptors (Lipinski definition) is 9. The van der Waals surface area contributed by atoms with Crippen molar-refractivity contribution in [2.75, 3.05) is 49.3 Å². The summed E-state index contributed by atoms with van der Waals surface area (Å²) >= 11 is 0. The van der Waals surface area contributed by atoms with Crippen LogP contribution in [-0.2, 0) is 14.4 Å². The van der Waals surface area contributed by atoms with Gasteiger partial charge in [-0.3, -0.25) is 14.4 Å². The molecule has 47 heavy (non-hydrogen) atoms. The lowest BCUT2D eigenvalue weighted by Gasteiger charge is -2.36. The number of carbonyl (C=O) groups is 3. The first-order valence-corrected chi connectivity index (χ1v) is 16.5. The van der Waals surface area contributed by atoms with Gasteiger partial charge in [0.2, 0.25) is 17.7 Å². The van der Waals surface area contributed by atoms with Crippen LogP contribution in [0, 0.1) is 5.41 Å². The highest BCUT2D eigenvalue weighted by Gasteiger charge is 2.42. The van der Waals surface area contributed by atoms with Crippen molar-refractivity contribution in [2.45, 2.75) is 77.9 Å². The Bertz CT molecular complexity index is 1580. The van der Waals surface area contributed by atoms with Crippen LogP contribution >= 0.6 is 0 Å². The lowest BCUT2D eigenvalue weighted by Crippen LogP contribution is -2.59. The summed E-state index contributed by atoms with van der Waals surface area (Å²) in [6, 6.07) is 9.94. The van der Waals surface area contributed by atoms with E-state index in [9.17, 15) is 14.4 Å². The SMILES string of the molecule is CNC(C)C(=O)NC(C(=O)N1CCCC1C(=O)Nc1cc2c(Nc3ccc(N4CCCCC4)cc3)ncnc2cc1OC)C(C)(C)C. The van der Waals surface area contributed by atoms with Gasteiger partial charge in [0, 0.05) is 42.5 Å². The molecule has 252 valence electrons. The fourth-order valence-electron chi connectivity index (χ4n) is 6.23. The first kappa shape index (κ1) is 33.9. The van der Waals surface area contributed by atoms with Crippen LogP contribution in [0.2, 0.25) is 0 Å². The maximum absolute atomic E-state index is 13.9. The molecule has 0 bridgehead atoms. The van der Waals surface area contributed by atoms with Crippen molar-refractivity contribution in [1.29, 1.82) is 0 Å². The van der Waals surface area contributed by atoms with E-state index in [1.807, 2.05) is 32.9 Å². The van der Waals surface area contributed by atoms with Crippen LogP contribution in [0.1, 0.15) is 59.8 Å². The van der Waals surface area contributed by atoms with Gasteiger partial charge in [0.1, 0.15) is 30.0 Å². The van der Waals surface area contributed by atoms with Crippen LogP contribution in [-0.4, -0.2) is 84.5 Å². The van der Waals surface area contributed by atoms with Gasteiger partial charge in [0.15, 0.2) is 0 Å². The Morgan fingerprint density at radius 3 is 2.36 bits per heavy atom. The molecular formula is C35H48N8O4. The Morgan fingerprint density at radius 2 is 1.70 bits per heavy atom. The third kappa shape index (κ3) is 7.75. The van der Waals surface area contributed by atoms with Crippen LogP contribution < -0.4 is 30.9 Å². The maximum Gasteiger partial charge on any atom is 0.247 e. The van der Waals surface area contributed by atoms with E-state index in [0.29, 0.717) is 47.5 Å². The molecule has 12 nitrogen and oxygen atoms in total. The molecule has 2 aliphatic heterocycles. The summed E-state index contributed by atoms with van der Waals surface area (Å²) in [4.78, 5) is 53.4. The molecule has 0 saturated carbocycles. The molecule has 2 aromatic carbocycles. The number of methoxy groups -OCH3 is 1. The molecular weight excluding hydrogens is 596 g/mol. The highest BCUT2D eigenvalue weighted by atomic mass is 16.5. The average Bonchev–Trinajstić information content (AvgIpc) is 3.57. The molecule has 2 aliphatic rings. The van der Waals surface area contributed by atoms with E-state index in [-0.39, 0.29) is 17.7 Å². The molecule has 0 aliphatic carbocycles. The van der Waals surface area contributed by atoms with Crippen molar-refractivity contribution in [2.24, 2.45) is 5.41 Å². The van der Waals surface area contributed by atoms with Crippen LogP contribution in [0.25, 0.3) is 10.9 Å². The van der Waals surface area contributed by atoms with Crippen LogP contribution in [0.3, 0.4) is 0 Å². The molecule has 0 spiro atoms. The standard InChI is InChI=1S/C35H48N8O4/c1-22(36-5)32(44)41-30(35(2,3)4)34(46)43-18-10-11-28(43)33(45)40-27-19-25-26(20-29(27)47-6)37-21-38-31(25)39-23-12-14-24(15-13-23)42-16-8-7-9-17-42/h12-15,19-22,28,30,36H,7-11,16-18H2,1-6H3,(H,40,45)(H,41,44)(H,37,38,39). The van der Waals surface area contributed by atoms with Crippen LogP contribution in [0.4, 0.5) is 22.9 Å². The predicted octanol–water partition coefficient (Wildman–Crippen LogP) is 4.44. The fourth-order valence-corrected chi connectivity index (χ4v) is 6.23. The van der Waals surface area contributed by atoms with E-state index < -0.39 is 23.5 Å². The van der Waals surface area contributed by atoms with Gasteiger partial charge in [-0.15, -0.1) is 0 Å². The second-order valence-corrected chi connectivity index (χ2v) is 13.5. The molecule has 3 atom stereocenters. The number of carbonyl (C=O) groups excluding carboxylic acids is 3. The number of hydrogen-bond donors (Lipinski definition) is 4. The maximum atomic E-state index is 13.9. The zero-order chi connectivity index (χ0) is 33.7. The number of benzene rings is 2. The molecule has 3 unspecified atom stereocenters. The van der Waals surface area contributed by atoms with Gasteiger partial charge < -0.3 is 35.8 Å². The molecule has 4 N–H and O–H groups in total. The van der Waals surface area contributed by atoms with E-state index in [4.69, 9.17) is 4.74 Å². The van der Waals surface area contributed by atoms with Crippen molar-refractivity contribution < 1.29 is 19.1 Å². The Balaban J connectivity index is 1.36. The molecule has 5 rings (SSSR count). The highest BCUT2D eigenvalue weighted by molar-refractivity contribution is 6.03. The zero-order valence-corrected chi connectivity index (χ0v) is 28.4. The quantitative estimate of drug-likeness (QED) is 0.252. The number of ether oxygens (including phenoxy) is 1. The molecule has 2 saturated heterocycles. The second kappa shape index (κ2) is 14.5. The number of nitrogens with one attached hydrogen (secondary N) is 4. The zero-order valence-electron chi connectivity index (χ0n) is 28.4. The summed E-state index contributed by atoms with van der Waals surface area (Å²) in [6.07, 6.45) is 6.40. The van der Waals surface area contributed by atoms with E-state index in [0.717, 1.165) is 18.8 Å². The molecule has 2 fully saturated rings. The van der Waals surface area contributed by atoms with E-state index in [1.54, 1.807) is 31.0 Å². The normalized spacial score (nSPS) is 18.0. The topological polar surface area (TPSA) is 141 Å². The second-order valence-electron chi connectivity index (χ2n) is 13.5. The smallest absolute Gasteiger partial charge is 0.247 e. The molecule has 0 radical (unpaired) electrons. The van der Waals surface area contributed by atoms with Gasteiger partial charge in [0.05, 0.1) is 24.4 Å². The third-order valence-electron chi connectivity index (χ3n) is 9.13. The summed E-state index contributed by atoms with van der Waals surface area (Å²) in [5, 5.41) is 13.0. The predicted molar refractivity (Wildman–Crippen MR) is 185 cm³/mol. The van der Waals surface area contributed by atoms with E-state index in [1.165, 1.54) is 38.4 Å². The number of likely N-dealkylation sites (tertiary alicyclic amines) is 1. The number of aromatic nitrogens is 2. The van der Waals surface area contributed by atoms with Crippen molar-refractivity contribution in [1.82, 2.24) is 25.5 Å². The minimum Gasteiger partial charge on any atom is -0.494 e. The summed E-state index contributed by atoms with van der Waals surface area (Å²) in [5.74, 6) is 0.167. The first-order valence-electron chi connectivity index (χ1n) is 16.5. The van der Waals surface area contributed by atoms with Crippen LogP contribution in [0.5, 0.6) is 5.75 Å². The number of likely N-dealkylation sites (N-methyl/N-ethyl adjacent to an activating group) is 1. The van der Waals surface area contributed by atoms with E-state index >= 15 is 0 Å². The van der Waals surface area contributed by atoms with Gasteiger partial charge in [0.25, 0.3) is 0 Å². The Labute approximate surface area is 277 Å². The van der Waals surface area contributed by atoms with Crippen molar-refractivity contribution in [3.8, 4) is 5.75 Å². The number of rotatable bonds is 10. The highest BCUT2D eigenvalue weighted by Crippen LogP contribution is 2.34. The summed E-state index contributed by atoms with van der Waals surface area (Å²) in [7, 11) is 3.23. The molecule has 12 heteroatoms. The number of anilines is 4. The van der Waals surface area contributed by atoms with Crippen LogP contribution in [0.15, 0.2) is 42.7 Å². The monoisotopic (exact) mass is 644 g/mol. The van der Waals surface area contributed by atoms with Crippen molar-refractivity contribution >= 4 is 51.5 Å². The third-order valence-corrected chi connectivity index (χ3v) is 9.13. The molecule has 3 aromatic rings. The summed E-state index contributed by atoms with van der Waals surface area (Å²) in [5.41, 5.74) is 2.63. The number of piperidine rings is 1. The van der Waals surface area contributed by atoms with Gasteiger partial charge >= 0.3 is 0 Å². The largest absolute Gasteiger partial charge is 0.494 e. The number of fused-ring (bicyclic) bond motifs is 1. The Morgan fingerprint density at radius 1 is 0.979 bits per heavy atom. The molecule has 1 aromatic heterocycles. The minimum absolute atomic E-state index is 0.272. The van der Waals surface area contributed by atoms with Gasteiger partial charge in [-0.1, -0.05) is 20.8 Å². The molecule has 3 amide bonds. The number of nitrogens with zero attached hydrogens (tertiary/aromatic N) is 4. The number of amides is 3. The lowest BCUT2D eigenvalue weighted by atomic mass is 9.85. The van der Waals surface area contributed by atoms with Crippen molar-refractivity contribution in [3.63, 3.8) is 0 Å². The van der Waals surface area contributed by atoms with Gasteiger partial charge in [-0.2, -0.15) is 0 Å². The average molecular weight is 645 g/mol. The Hall–Kier alpha value is -4.45. The summed E-state index contributed by atoms with van der Waals surface area (Å²) < 4.78 is 5.65.